The van der Waals surface area contributed by atoms with Crippen LogP contribution in [0.3, 0.4) is 0 Å². The number of rotatable bonds is 6. The van der Waals surface area contributed by atoms with Gasteiger partial charge in [0, 0.05) is 35.9 Å². The summed E-state index contributed by atoms with van der Waals surface area (Å²) in [6.07, 6.45) is 2.62. The summed E-state index contributed by atoms with van der Waals surface area (Å²) in [6, 6.07) is 2.00. The van der Waals surface area contributed by atoms with Crippen LogP contribution in [0.25, 0.3) is 6.08 Å². The second kappa shape index (κ2) is 8.25. The Hall–Kier alpha value is -2.94. The third-order valence-corrected chi connectivity index (χ3v) is 3.45. The lowest BCUT2D eigenvalue weighted by Gasteiger charge is -2.19. The Morgan fingerprint density at radius 3 is 2.88 bits per heavy atom. The summed E-state index contributed by atoms with van der Waals surface area (Å²) in [4.78, 5) is 34.1. The lowest BCUT2D eigenvalue weighted by Crippen LogP contribution is -2.44. The molecule has 1 heterocycles. The molecule has 0 saturated carbocycles. The minimum atomic E-state index is -0.694. The molecule has 0 radical (unpaired) electrons. The zero-order valence-electron chi connectivity index (χ0n) is 13.9. The topological polar surface area (TPSA) is 120 Å². The molecule has 1 aromatic carbocycles. The predicted octanol–water partition coefficient (Wildman–Crippen LogP) is 1.12. The third kappa shape index (κ3) is 4.77. The Bertz CT molecular complexity index is 716. The molecule has 0 aromatic heterocycles. The number of carbonyl (C=O) groups excluding carboxylic acids is 2. The maximum Gasteiger partial charge on any atom is 0.270 e. The van der Waals surface area contributed by atoms with Crippen molar-refractivity contribution in [1.29, 1.82) is 0 Å². The molecule has 2 N–H and O–H groups in total. The third-order valence-electron chi connectivity index (χ3n) is 3.45. The van der Waals surface area contributed by atoms with E-state index in [-0.39, 0.29) is 25.0 Å². The van der Waals surface area contributed by atoms with Gasteiger partial charge in [-0.05, 0) is 19.9 Å². The van der Waals surface area contributed by atoms with Crippen molar-refractivity contribution in [3.8, 4) is 5.75 Å². The molecule has 0 aliphatic carbocycles. The highest BCUT2D eigenvalue weighted by atomic mass is 16.7. The van der Waals surface area contributed by atoms with Gasteiger partial charge < -0.3 is 20.1 Å². The first-order chi connectivity index (χ1) is 11.9. The van der Waals surface area contributed by atoms with Gasteiger partial charge in [-0.25, -0.2) is 0 Å². The summed E-state index contributed by atoms with van der Waals surface area (Å²) >= 11 is 0. The average molecular weight is 349 g/mol. The van der Waals surface area contributed by atoms with Crippen molar-refractivity contribution in [1.82, 2.24) is 10.6 Å². The zero-order valence-corrected chi connectivity index (χ0v) is 13.9. The summed E-state index contributed by atoms with van der Waals surface area (Å²) in [5.41, 5.74) is 0.813. The first kappa shape index (κ1) is 18.4. The Morgan fingerprint density at radius 1 is 1.44 bits per heavy atom. The van der Waals surface area contributed by atoms with Crippen molar-refractivity contribution in [2.45, 2.75) is 26.5 Å². The summed E-state index contributed by atoms with van der Waals surface area (Å²) in [6.45, 7) is 4.03. The van der Waals surface area contributed by atoms with Crippen LogP contribution in [0.15, 0.2) is 18.2 Å². The van der Waals surface area contributed by atoms with E-state index in [0.29, 0.717) is 23.4 Å². The van der Waals surface area contributed by atoms with Crippen LogP contribution in [0.4, 0.5) is 5.69 Å². The van der Waals surface area contributed by atoms with Gasteiger partial charge in [-0.2, -0.15) is 0 Å². The lowest BCUT2D eigenvalue weighted by atomic mass is 10.1. The summed E-state index contributed by atoms with van der Waals surface area (Å²) < 4.78 is 10.5. The number of likely N-dealkylation sites (N-methyl/N-ethyl adjacent to an activating group) is 1. The Balaban J connectivity index is 2.16. The number of nitro benzene ring substituents is 1. The smallest absolute Gasteiger partial charge is 0.270 e. The SMILES string of the molecule is CCNC(=O)[C@@H](C)NC(=O)/C=C/c1cc([N+](=O)[O-])cc2c1OCOC2. The van der Waals surface area contributed by atoms with E-state index in [1.54, 1.807) is 13.8 Å². The van der Waals surface area contributed by atoms with E-state index in [1.807, 2.05) is 0 Å². The van der Waals surface area contributed by atoms with Gasteiger partial charge >= 0.3 is 0 Å². The van der Waals surface area contributed by atoms with Gasteiger partial charge in [0.05, 0.1) is 11.5 Å². The van der Waals surface area contributed by atoms with Crippen LogP contribution in [-0.4, -0.2) is 36.1 Å². The number of nitro groups is 1. The number of carbonyl (C=O) groups is 2. The number of fused-ring (bicyclic) bond motifs is 1. The molecule has 9 nitrogen and oxygen atoms in total. The molecular formula is C16H19N3O6. The average Bonchev–Trinajstić information content (AvgIpc) is 2.59. The van der Waals surface area contributed by atoms with Crippen molar-refractivity contribution < 1.29 is 24.0 Å². The van der Waals surface area contributed by atoms with Gasteiger partial charge in [0.15, 0.2) is 6.79 Å². The predicted molar refractivity (Wildman–Crippen MR) is 88.7 cm³/mol. The number of hydrogen-bond donors (Lipinski definition) is 2. The molecule has 1 atom stereocenters. The molecule has 9 heteroatoms. The molecule has 0 bridgehead atoms. The first-order valence-corrected chi connectivity index (χ1v) is 7.70. The monoisotopic (exact) mass is 349 g/mol. The Labute approximate surface area is 144 Å². The Kier molecular flexibility index (Phi) is 6.07. The van der Waals surface area contributed by atoms with Crippen molar-refractivity contribution in [2.24, 2.45) is 0 Å². The molecule has 134 valence electrons. The molecule has 0 unspecified atom stereocenters. The fourth-order valence-corrected chi connectivity index (χ4v) is 2.28. The fourth-order valence-electron chi connectivity index (χ4n) is 2.28. The molecule has 1 aromatic rings. The summed E-state index contributed by atoms with van der Waals surface area (Å²) in [5.74, 6) is -0.346. The molecule has 1 aliphatic rings. The number of benzene rings is 1. The number of nitrogens with one attached hydrogen (secondary N) is 2. The van der Waals surface area contributed by atoms with Crippen LogP contribution in [0.1, 0.15) is 25.0 Å². The second-order valence-electron chi connectivity index (χ2n) is 5.35. The largest absolute Gasteiger partial charge is 0.467 e. The lowest BCUT2D eigenvalue weighted by molar-refractivity contribution is -0.385. The van der Waals surface area contributed by atoms with Gasteiger partial charge in [-0.3, -0.25) is 19.7 Å². The maximum atomic E-state index is 11.9. The van der Waals surface area contributed by atoms with E-state index >= 15 is 0 Å². The Morgan fingerprint density at radius 2 is 2.20 bits per heavy atom. The van der Waals surface area contributed by atoms with E-state index in [1.165, 1.54) is 24.3 Å². The van der Waals surface area contributed by atoms with E-state index in [9.17, 15) is 19.7 Å². The van der Waals surface area contributed by atoms with E-state index in [2.05, 4.69) is 10.6 Å². The highest BCUT2D eigenvalue weighted by Crippen LogP contribution is 2.33. The molecule has 0 fully saturated rings. The molecule has 25 heavy (non-hydrogen) atoms. The highest BCUT2D eigenvalue weighted by Gasteiger charge is 2.20. The van der Waals surface area contributed by atoms with Gasteiger partial charge in [0.1, 0.15) is 11.8 Å². The van der Waals surface area contributed by atoms with Gasteiger partial charge in [0.2, 0.25) is 11.8 Å². The van der Waals surface area contributed by atoms with Crippen molar-refractivity contribution in [3.05, 3.63) is 39.4 Å². The maximum absolute atomic E-state index is 11.9. The van der Waals surface area contributed by atoms with Crippen LogP contribution in [0.5, 0.6) is 5.75 Å². The van der Waals surface area contributed by atoms with E-state index in [4.69, 9.17) is 9.47 Å². The van der Waals surface area contributed by atoms with Gasteiger partial charge in [0.25, 0.3) is 5.69 Å². The molecule has 0 saturated heterocycles. The second-order valence-corrected chi connectivity index (χ2v) is 5.35. The fraction of sp³-hybridized carbons (Fsp3) is 0.375. The number of non-ortho nitro benzene ring substituents is 1. The molecule has 0 spiro atoms. The normalized spacial score (nSPS) is 14.3. The number of hydrogen-bond acceptors (Lipinski definition) is 6. The van der Waals surface area contributed by atoms with Crippen LogP contribution in [0, 0.1) is 10.1 Å². The minimum Gasteiger partial charge on any atom is -0.467 e. The quantitative estimate of drug-likeness (QED) is 0.451. The zero-order chi connectivity index (χ0) is 18.4. The molecule has 2 rings (SSSR count). The van der Waals surface area contributed by atoms with Crippen molar-refractivity contribution in [3.63, 3.8) is 0 Å². The number of nitrogens with zero attached hydrogens (tertiary/aromatic N) is 1. The number of ether oxygens (including phenoxy) is 2. The van der Waals surface area contributed by atoms with Crippen LogP contribution in [-0.2, 0) is 20.9 Å². The van der Waals surface area contributed by atoms with Crippen LogP contribution in [0.2, 0.25) is 0 Å². The van der Waals surface area contributed by atoms with Gasteiger partial charge in [-0.15, -0.1) is 0 Å². The first-order valence-electron chi connectivity index (χ1n) is 7.70. The van der Waals surface area contributed by atoms with Crippen LogP contribution >= 0.6 is 0 Å². The molecular weight excluding hydrogens is 330 g/mol. The van der Waals surface area contributed by atoms with Crippen molar-refractivity contribution in [2.75, 3.05) is 13.3 Å². The highest BCUT2D eigenvalue weighted by molar-refractivity contribution is 5.95. The van der Waals surface area contributed by atoms with Crippen molar-refractivity contribution >= 4 is 23.6 Å². The standard InChI is InChI=1S/C16H19N3O6/c1-3-17-16(21)10(2)18-14(20)5-4-11-6-13(19(22)23)7-12-8-24-9-25-15(11)12/h4-7,10H,3,8-9H2,1-2H3,(H,17,21)(H,18,20)/b5-4+/t10-/m1/s1. The summed E-state index contributed by atoms with van der Waals surface area (Å²) in [5, 5.41) is 16.1. The molecule has 2 amide bonds. The van der Waals surface area contributed by atoms with Gasteiger partial charge in [-0.1, -0.05) is 0 Å². The van der Waals surface area contributed by atoms with E-state index < -0.39 is 16.9 Å². The van der Waals surface area contributed by atoms with E-state index in [0.717, 1.165) is 0 Å². The van der Waals surface area contributed by atoms with Crippen LogP contribution < -0.4 is 15.4 Å². The summed E-state index contributed by atoms with van der Waals surface area (Å²) in [7, 11) is 0. The number of amides is 2. The molecule has 1 aliphatic heterocycles. The minimum absolute atomic E-state index is 0.0338.